The van der Waals surface area contributed by atoms with Crippen LogP contribution in [0, 0.1) is 5.92 Å². The zero-order valence-corrected chi connectivity index (χ0v) is 12.7. The fraction of sp³-hybridized carbons (Fsp3) is 0.571. The third kappa shape index (κ3) is 3.21. The van der Waals surface area contributed by atoms with Crippen molar-refractivity contribution in [2.75, 3.05) is 7.05 Å². The first-order valence-corrected chi connectivity index (χ1v) is 7.34. The molecule has 0 aromatic carbocycles. The fourth-order valence-electron chi connectivity index (χ4n) is 2.79. The van der Waals surface area contributed by atoms with Crippen molar-refractivity contribution in [2.45, 2.75) is 38.6 Å². The molecule has 0 bridgehead atoms. The second-order valence-corrected chi connectivity index (χ2v) is 6.03. The van der Waals surface area contributed by atoms with E-state index in [0.29, 0.717) is 16.5 Å². The van der Waals surface area contributed by atoms with Gasteiger partial charge in [0.15, 0.2) is 0 Å². The Morgan fingerprint density at radius 3 is 2.74 bits per heavy atom. The lowest BCUT2D eigenvalue weighted by Crippen LogP contribution is -2.42. The highest BCUT2D eigenvalue weighted by atomic mass is 35.5. The van der Waals surface area contributed by atoms with Crippen LogP contribution in [0.4, 0.5) is 0 Å². The van der Waals surface area contributed by atoms with Crippen molar-refractivity contribution >= 4 is 29.1 Å². The Morgan fingerprint density at radius 1 is 1.37 bits per heavy atom. The van der Waals surface area contributed by atoms with Gasteiger partial charge in [-0.2, -0.15) is 0 Å². The number of carbonyl (C=O) groups excluding carboxylic acids is 1. The summed E-state index contributed by atoms with van der Waals surface area (Å²) >= 11 is 11.9. The lowest BCUT2D eigenvalue weighted by molar-refractivity contribution is 0.0629. The number of carbonyl (C=O) groups is 1. The zero-order chi connectivity index (χ0) is 14.0. The van der Waals surface area contributed by atoms with Gasteiger partial charge in [0.25, 0.3) is 5.91 Å². The molecule has 0 radical (unpaired) electrons. The Balaban J connectivity index is 2.20. The van der Waals surface area contributed by atoms with Gasteiger partial charge in [0.2, 0.25) is 0 Å². The van der Waals surface area contributed by atoms with Gasteiger partial charge < -0.3 is 4.90 Å². The molecule has 1 aromatic heterocycles. The minimum atomic E-state index is -0.0759. The number of halogens is 2. The van der Waals surface area contributed by atoms with E-state index in [-0.39, 0.29) is 17.1 Å². The monoisotopic (exact) mass is 300 g/mol. The van der Waals surface area contributed by atoms with E-state index in [1.54, 1.807) is 4.90 Å². The first-order chi connectivity index (χ1) is 9.00. The smallest absolute Gasteiger partial charge is 0.255 e. The summed E-state index contributed by atoms with van der Waals surface area (Å²) in [6, 6.07) is 1.82. The number of amides is 1. The molecule has 19 heavy (non-hydrogen) atoms. The minimum Gasteiger partial charge on any atom is -0.338 e. The highest BCUT2D eigenvalue weighted by Gasteiger charge is 2.29. The van der Waals surface area contributed by atoms with E-state index in [1.807, 2.05) is 7.05 Å². The largest absolute Gasteiger partial charge is 0.338 e. The Labute approximate surface area is 123 Å². The molecule has 0 N–H and O–H groups in total. The van der Waals surface area contributed by atoms with Crippen LogP contribution in [0.5, 0.6) is 0 Å². The summed E-state index contributed by atoms with van der Waals surface area (Å²) in [5.74, 6) is 0.451. The number of hydrogen-bond donors (Lipinski definition) is 0. The Hall–Kier alpha value is -0.800. The van der Waals surface area contributed by atoms with Crippen LogP contribution in [-0.4, -0.2) is 28.9 Å². The van der Waals surface area contributed by atoms with Gasteiger partial charge in [0.1, 0.15) is 5.15 Å². The summed E-state index contributed by atoms with van der Waals surface area (Å²) in [7, 11) is 1.85. The van der Waals surface area contributed by atoms with E-state index in [0.717, 1.165) is 6.42 Å². The maximum absolute atomic E-state index is 12.5. The third-order valence-corrected chi connectivity index (χ3v) is 4.44. The normalized spacial score (nSPS) is 23.2. The van der Waals surface area contributed by atoms with Gasteiger partial charge in [-0.1, -0.05) is 43.0 Å². The molecule has 1 saturated carbocycles. The van der Waals surface area contributed by atoms with Crippen LogP contribution in [0.1, 0.15) is 43.0 Å². The molecule has 104 valence electrons. The molecule has 1 amide bonds. The number of aromatic nitrogens is 1. The van der Waals surface area contributed by atoms with Gasteiger partial charge in [-0.25, -0.2) is 4.98 Å². The lowest BCUT2D eigenvalue weighted by atomic mass is 9.85. The van der Waals surface area contributed by atoms with E-state index >= 15 is 0 Å². The topological polar surface area (TPSA) is 33.2 Å². The van der Waals surface area contributed by atoms with Crippen LogP contribution in [0.3, 0.4) is 0 Å². The Bertz CT molecular complexity index is 479. The first kappa shape index (κ1) is 14.6. The number of rotatable bonds is 2. The van der Waals surface area contributed by atoms with Crippen molar-refractivity contribution in [3.05, 3.63) is 28.0 Å². The third-order valence-electron chi connectivity index (χ3n) is 3.94. The average molecular weight is 301 g/mol. The molecule has 1 fully saturated rings. The second kappa shape index (κ2) is 6.10. The van der Waals surface area contributed by atoms with Crippen LogP contribution in [0.2, 0.25) is 10.2 Å². The maximum atomic E-state index is 12.5. The van der Waals surface area contributed by atoms with E-state index in [9.17, 15) is 4.79 Å². The van der Waals surface area contributed by atoms with Crippen molar-refractivity contribution in [1.82, 2.24) is 9.88 Å². The molecule has 0 spiro atoms. The van der Waals surface area contributed by atoms with Crippen LogP contribution >= 0.6 is 23.2 Å². The highest BCUT2D eigenvalue weighted by molar-refractivity contribution is 6.35. The number of hydrogen-bond acceptors (Lipinski definition) is 2. The van der Waals surface area contributed by atoms with Crippen molar-refractivity contribution < 1.29 is 4.79 Å². The first-order valence-electron chi connectivity index (χ1n) is 6.59. The van der Waals surface area contributed by atoms with Crippen LogP contribution in [-0.2, 0) is 0 Å². The van der Waals surface area contributed by atoms with E-state index in [1.165, 1.54) is 31.5 Å². The van der Waals surface area contributed by atoms with Gasteiger partial charge in [-0.3, -0.25) is 4.79 Å². The zero-order valence-electron chi connectivity index (χ0n) is 11.2. The van der Waals surface area contributed by atoms with Crippen molar-refractivity contribution in [2.24, 2.45) is 5.92 Å². The van der Waals surface area contributed by atoms with Crippen LogP contribution < -0.4 is 0 Å². The summed E-state index contributed by atoms with van der Waals surface area (Å²) in [6.07, 6.45) is 6.08. The molecular weight excluding hydrogens is 283 g/mol. The summed E-state index contributed by atoms with van der Waals surface area (Å²) in [6.45, 7) is 2.20. The minimum absolute atomic E-state index is 0.0759. The standard InChI is InChI=1S/C14H18Cl2N2O/c1-9-5-3-4-6-12(9)18(2)14(19)10-7-13(16)17-8-11(10)15/h7-9,12H,3-6H2,1-2H3. The second-order valence-electron chi connectivity index (χ2n) is 5.23. The van der Waals surface area contributed by atoms with E-state index < -0.39 is 0 Å². The van der Waals surface area contributed by atoms with Gasteiger partial charge >= 0.3 is 0 Å². The molecular formula is C14H18Cl2N2O. The van der Waals surface area contributed by atoms with Crippen LogP contribution in [0.25, 0.3) is 0 Å². The summed E-state index contributed by atoms with van der Waals surface area (Å²) < 4.78 is 0. The molecule has 2 rings (SSSR count). The van der Waals surface area contributed by atoms with Gasteiger partial charge in [0.05, 0.1) is 10.6 Å². The van der Waals surface area contributed by atoms with Gasteiger partial charge in [0, 0.05) is 19.3 Å². The van der Waals surface area contributed by atoms with Gasteiger partial charge in [-0.15, -0.1) is 0 Å². The predicted octanol–water partition coefficient (Wildman–Crippen LogP) is 4.04. The van der Waals surface area contributed by atoms with E-state index in [4.69, 9.17) is 23.2 Å². The Morgan fingerprint density at radius 2 is 2.05 bits per heavy atom. The van der Waals surface area contributed by atoms with Crippen molar-refractivity contribution in [3.63, 3.8) is 0 Å². The number of pyridine rings is 1. The molecule has 5 heteroatoms. The molecule has 2 unspecified atom stereocenters. The van der Waals surface area contributed by atoms with Crippen molar-refractivity contribution in [3.8, 4) is 0 Å². The molecule has 0 aliphatic heterocycles. The molecule has 3 nitrogen and oxygen atoms in total. The quantitative estimate of drug-likeness (QED) is 0.772. The van der Waals surface area contributed by atoms with E-state index in [2.05, 4.69) is 11.9 Å². The molecule has 1 aliphatic rings. The predicted molar refractivity (Wildman–Crippen MR) is 77.8 cm³/mol. The molecule has 1 aliphatic carbocycles. The number of nitrogens with zero attached hydrogens (tertiary/aromatic N) is 2. The fourth-order valence-corrected chi connectivity index (χ4v) is 3.13. The average Bonchev–Trinajstić information content (AvgIpc) is 2.40. The van der Waals surface area contributed by atoms with Crippen molar-refractivity contribution in [1.29, 1.82) is 0 Å². The lowest BCUT2D eigenvalue weighted by Gasteiger charge is -2.36. The maximum Gasteiger partial charge on any atom is 0.255 e. The molecule has 1 heterocycles. The Kier molecular flexibility index (Phi) is 4.69. The van der Waals surface area contributed by atoms with Crippen LogP contribution in [0.15, 0.2) is 12.3 Å². The van der Waals surface area contributed by atoms with Gasteiger partial charge in [-0.05, 0) is 24.8 Å². The molecule has 2 atom stereocenters. The molecule has 0 saturated heterocycles. The molecule has 1 aromatic rings. The summed E-state index contributed by atoms with van der Waals surface area (Å²) in [4.78, 5) is 18.2. The SMILES string of the molecule is CC1CCCCC1N(C)C(=O)c1cc(Cl)ncc1Cl. The summed E-state index contributed by atoms with van der Waals surface area (Å²) in [5.41, 5.74) is 0.432. The summed E-state index contributed by atoms with van der Waals surface area (Å²) in [5, 5.41) is 0.641. The highest BCUT2D eigenvalue weighted by Crippen LogP contribution is 2.29.